The lowest BCUT2D eigenvalue weighted by Crippen LogP contribution is -2.34. The van der Waals surface area contributed by atoms with E-state index >= 15 is 0 Å². The fourth-order valence-electron chi connectivity index (χ4n) is 1.95. The van der Waals surface area contributed by atoms with Gasteiger partial charge in [0.1, 0.15) is 6.54 Å². The second-order valence-electron chi connectivity index (χ2n) is 6.54. The number of nitrogens with zero attached hydrogens (tertiary/aromatic N) is 1. The molecule has 2 amide bonds. The van der Waals surface area contributed by atoms with Crippen molar-refractivity contribution in [3.05, 3.63) is 39.3 Å². The van der Waals surface area contributed by atoms with E-state index in [-0.39, 0.29) is 29.9 Å². The van der Waals surface area contributed by atoms with Gasteiger partial charge < -0.3 is 5.32 Å². The Hall–Kier alpha value is -1.50. The summed E-state index contributed by atoms with van der Waals surface area (Å²) in [5.41, 5.74) is -0.0670. The number of carbonyl (C=O) groups excluding carboxylic acids is 3. The molecule has 1 aliphatic heterocycles. The standard InChI is InChI=1S/C17H18Cl2N2O3S/c1-17(2,3)13(22)7-16-21(15(24)9-25-16)8-14(23)20-10-4-5-11(18)12(19)6-10/h4-7H,8-9H2,1-3H3,(H,20,23)/b16-7-. The molecule has 0 spiro atoms. The molecule has 0 atom stereocenters. The largest absolute Gasteiger partial charge is 0.324 e. The minimum absolute atomic E-state index is 0.0976. The summed E-state index contributed by atoms with van der Waals surface area (Å²) in [4.78, 5) is 37.8. The molecule has 1 aromatic rings. The molecule has 0 saturated carbocycles. The first-order valence-electron chi connectivity index (χ1n) is 7.52. The monoisotopic (exact) mass is 400 g/mol. The lowest BCUT2D eigenvalue weighted by molar-refractivity contribution is -0.129. The van der Waals surface area contributed by atoms with Crippen LogP contribution in [-0.2, 0) is 14.4 Å². The summed E-state index contributed by atoms with van der Waals surface area (Å²) in [5, 5.41) is 3.87. The van der Waals surface area contributed by atoms with Gasteiger partial charge in [-0.2, -0.15) is 0 Å². The zero-order valence-electron chi connectivity index (χ0n) is 14.1. The van der Waals surface area contributed by atoms with E-state index in [4.69, 9.17) is 23.2 Å². The molecule has 1 aliphatic rings. The molecule has 8 heteroatoms. The number of ketones is 1. The molecule has 2 rings (SSSR count). The first-order valence-corrected chi connectivity index (χ1v) is 9.26. The molecule has 1 aromatic carbocycles. The first kappa shape index (κ1) is 19.8. The van der Waals surface area contributed by atoms with Gasteiger partial charge in [0.15, 0.2) is 5.78 Å². The zero-order chi connectivity index (χ0) is 18.8. The highest BCUT2D eigenvalue weighted by molar-refractivity contribution is 8.04. The summed E-state index contributed by atoms with van der Waals surface area (Å²) in [7, 11) is 0. The van der Waals surface area contributed by atoms with Crippen LogP contribution in [0.2, 0.25) is 10.0 Å². The first-order chi connectivity index (χ1) is 11.6. The summed E-state index contributed by atoms with van der Waals surface area (Å²) in [5.74, 6) is -0.478. The second-order valence-corrected chi connectivity index (χ2v) is 8.35. The van der Waals surface area contributed by atoms with Crippen molar-refractivity contribution in [2.24, 2.45) is 5.41 Å². The fourth-order valence-corrected chi connectivity index (χ4v) is 3.18. The van der Waals surface area contributed by atoms with Crippen LogP contribution in [0.15, 0.2) is 29.3 Å². The summed E-state index contributed by atoms with van der Waals surface area (Å²) in [6.45, 7) is 5.23. The Morgan fingerprint density at radius 2 is 1.96 bits per heavy atom. The Bertz CT molecular complexity index is 757. The van der Waals surface area contributed by atoms with E-state index in [1.165, 1.54) is 28.8 Å². The van der Waals surface area contributed by atoms with E-state index in [2.05, 4.69) is 5.32 Å². The number of nitrogens with one attached hydrogen (secondary N) is 1. The number of anilines is 1. The normalized spacial score (nSPS) is 16.4. The van der Waals surface area contributed by atoms with Gasteiger partial charge in [-0.1, -0.05) is 55.7 Å². The van der Waals surface area contributed by atoms with Crippen molar-refractivity contribution < 1.29 is 14.4 Å². The number of rotatable bonds is 4. The lowest BCUT2D eigenvalue weighted by atomic mass is 9.91. The number of amides is 2. The van der Waals surface area contributed by atoms with Crippen molar-refractivity contribution in [1.82, 2.24) is 4.90 Å². The number of thioether (sulfide) groups is 1. The SMILES string of the molecule is CC(C)(C)C(=O)/C=C1\SCC(=O)N1CC(=O)Nc1ccc(Cl)c(Cl)c1. The van der Waals surface area contributed by atoms with Gasteiger partial charge in [-0.15, -0.1) is 0 Å². The summed E-state index contributed by atoms with van der Waals surface area (Å²) in [6.07, 6.45) is 1.43. The van der Waals surface area contributed by atoms with Crippen molar-refractivity contribution in [3.8, 4) is 0 Å². The molecule has 5 nitrogen and oxygen atoms in total. The predicted molar refractivity (Wildman–Crippen MR) is 102 cm³/mol. The molecule has 0 aromatic heterocycles. The third-order valence-electron chi connectivity index (χ3n) is 3.41. The highest BCUT2D eigenvalue weighted by Crippen LogP contribution is 2.30. The maximum atomic E-state index is 12.2. The number of carbonyl (C=O) groups is 3. The Labute approximate surface area is 160 Å². The average Bonchev–Trinajstić information content (AvgIpc) is 2.83. The van der Waals surface area contributed by atoms with Gasteiger partial charge in [0.25, 0.3) is 0 Å². The van der Waals surface area contributed by atoms with Crippen molar-refractivity contribution >= 4 is 58.2 Å². The average molecular weight is 401 g/mol. The van der Waals surface area contributed by atoms with E-state index < -0.39 is 5.41 Å². The Kier molecular flexibility index (Phi) is 6.19. The van der Waals surface area contributed by atoms with Crippen LogP contribution in [-0.4, -0.2) is 34.8 Å². The van der Waals surface area contributed by atoms with Crippen LogP contribution in [0.1, 0.15) is 20.8 Å². The fraction of sp³-hybridized carbons (Fsp3) is 0.353. The lowest BCUT2D eigenvalue weighted by Gasteiger charge is -2.19. The second kappa shape index (κ2) is 7.81. The molecule has 0 bridgehead atoms. The van der Waals surface area contributed by atoms with Gasteiger partial charge in [-0.05, 0) is 18.2 Å². The quantitative estimate of drug-likeness (QED) is 0.776. The molecule has 0 unspecified atom stereocenters. The van der Waals surface area contributed by atoms with Crippen molar-refractivity contribution in [2.45, 2.75) is 20.8 Å². The molecule has 1 heterocycles. The van der Waals surface area contributed by atoms with Crippen molar-refractivity contribution in [3.63, 3.8) is 0 Å². The summed E-state index contributed by atoms with van der Waals surface area (Å²) in [6, 6.07) is 4.72. The molecular weight excluding hydrogens is 383 g/mol. The number of halogens is 2. The molecule has 134 valence electrons. The minimum atomic E-state index is -0.548. The highest BCUT2D eigenvalue weighted by atomic mass is 35.5. The van der Waals surface area contributed by atoms with Gasteiger partial charge in [0, 0.05) is 17.2 Å². The van der Waals surface area contributed by atoms with Crippen LogP contribution in [0.25, 0.3) is 0 Å². The molecule has 1 N–H and O–H groups in total. The molecule has 1 saturated heterocycles. The number of hydrogen-bond acceptors (Lipinski definition) is 4. The smallest absolute Gasteiger partial charge is 0.244 e. The van der Waals surface area contributed by atoms with Crippen LogP contribution in [0, 0.1) is 5.41 Å². The van der Waals surface area contributed by atoms with Gasteiger partial charge in [0.05, 0.1) is 20.8 Å². The molecule has 1 fully saturated rings. The van der Waals surface area contributed by atoms with Gasteiger partial charge in [0.2, 0.25) is 11.8 Å². The topological polar surface area (TPSA) is 66.5 Å². The van der Waals surface area contributed by atoms with Crippen LogP contribution in [0.5, 0.6) is 0 Å². The summed E-state index contributed by atoms with van der Waals surface area (Å²) < 4.78 is 0. The number of allylic oxidation sites excluding steroid dienone is 1. The minimum Gasteiger partial charge on any atom is -0.324 e. The Morgan fingerprint density at radius 3 is 2.56 bits per heavy atom. The summed E-state index contributed by atoms with van der Waals surface area (Å²) >= 11 is 13.0. The number of hydrogen-bond donors (Lipinski definition) is 1. The van der Waals surface area contributed by atoms with E-state index in [0.717, 1.165) is 0 Å². The van der Waals surface area contributed by atoms with Crippen LogP contribution in [0.3, 0.4) is 0 Å². The number of benzene rings is 1. The van der Waals surface area contributed by atoms with Crippen molar-refractivity contribution in [1.29, 1.82) is 0 Å². The van der Waals surface area contributed by atoms with Crippen LogP contribution < -0.4 is 5.32 Å². The Morgan fingerprint density at radius 1 is 1.28 bits per heavy atom. The third-order valence-corrected chi connectivity index (χ3v) is 5.17. The van der Waals surface area contributed by atoms with Gasteiger partial charge in [-0.3, -0.25) is 19.3 Å². The van der Waals surface area contributed by atoms with Crippen molar-refractivity contribution in [2.75, 3.05) is 17.6 Å². The molecular formula is C17H18Cl2N2O3S. The van der Waals surface area contributed by atoms with E-state index in [1.54, 1.807) is 32.9 Å². The van der Waals surface area contributed by atoms with Crippen LogP contribution in [0.4, 0.5) is 5.69 Å². The van der Waals surface area contributed by atoms with Gasteiger partial charge >= 0.3 is 0 Å². The van der Waals surface area contributed by atoms with E-state index in [0.29, 0.717) is 20.8 Å². The molecule has 0 aliphatic carbocycles. The Balaban J connectivity index is 2.09. The highest BCUT2D eigenvalue weighted by Gasteiger charge is 2.30. The maximum absolute atomic E-state index is 12.2. The zero-order valence-corrected chi connectivity index (χ0v) is 16.4. The molecule has 25 heavy (non-hydrogen) atoms. The molecule has 0 radical (unpaired) electrons. The van der Waals surface area contributed by atoms with Crippen LogP contribution >= 0.6 is 35.0 Å². The predicted octanol–water partition coefficient (Wildman–Crippen LogP) is 3.96. The van der Waals surface area contributed by atoms with E-state index in [1.807, 2.05) is 0 Å². The third kappa shape index (κ3) is 5.23. The van der Waals surface area contributed by atoms with Gasteiger partial charge in [-0.25, -0.2) is 0 Å². The van der Waals surface area contributed by atoms with E-state index in [9.17, 15) is 14.4 Å². The maximum Gasteiger partial charge on any atom is 0.244 e.